The molecule has 1 aromatic rings. The Labute approximate surface area is 105 Å². The topological polar surface area (TPSA) is 65.5 Å². The van der Waals surface area contributed by atoms with Crippen molar-refractivity contribution in [1.82, 2.24) is 9.88 Å². The van der Waals surface area contributed by atoms with E-state index in [1.54, 1.807) is 0 Å². The van der Waals surface area contributed by atoms with Crippen LogP contribution in [0.2, 0.25) is 5.02 Å². The Bertz CT molecular complexity index is 398. The van der Waals surface area contributed by atoms with E-state index >= 15 is 0 Å². The molecule has 17 heavy (non-hydrogen) atoms. The lowest BCUT2D eigenvalue weighted by Gasteiger charge is -2.15. The van der Waals surface area contributed by atoms with Crippen LogP contribution in [0.1, 0.15) is 17.3 Å². The van der Waals surface area contributed by atoms with E-state index in [9.17, 15) is 4.79 Å². The number of aromatic nitrogens is 1. The summed E-state index contributed by atoms with van der Waals surface area (Å²) in [5, 5.41) is 12.1. The number of carbonyl (C=O) groups is 1. The predicted octanol–water partition coefficient (Wildman–Crippen LogP) is 1.80. The maximum absolute atomic E-state index is 10.9. The first-order valence-corrected chi connectivity index (χ1v) is 5.74. The van der Waals surface area contributed by atoms with Crippen LogP contribution in [0.4, 0.5) is 5.82 Å². The van der Waals surface area contributed by atoms with Crippen LogP contribution in [-0.4, -0.2) is 47.6 Å². The number of pyridine rings is 1. The molecule has 2 N–H and O–H groups in total. The fourth-order valence-corrected chi connectivity index (χ4v) is 1.51. The highest BCUT2D eigenvalue weighted by Gasteiger charge is 2.12. The van der Waals surface area contributed by atoms with Crippen molar-refractivity contribution in [1.29, 1.82) is 0 Å². The lowest BCUT2D eigenvalue weighted by molar-refractivity contribution is 0.0697. The quantitative estimate of drug-likeness (QED) is 0.814. The number of hydrogen-bond donors (Lipinski definition) is 2. The highest BCUT2D eigenvalue weighted by Crippen LogP contribution is 2.23. The number of likely N-dealkylation sites (N-methyl/N-ethyl adjacent to an activating group) is 1. The number of carboxylic acid groups (broad SMARTS) is 1. The van der Waals surface area contributed by atoms with Gasteiger partial charge in [-0.3, -0.25) is 0 Å². The molecule has 0 aliphatic heterocycles. The number of hydrogen-bond acceptors (Lipinski definition) is 4. The summed E-state index contributed by atoms with van der Waals surface area (Å²) in [6.45, 7) is 4.53. The number of nitrogens with zero attached hydrogens (tertiary/aromatic N) is 2. The van der Waals surface area contributed by atoms with Crippen LogP contribution in [0.5, 0.6) is 0 Å². The van der Waals surface area contributed by atoms with Crippen LogP contribution in [0, 0.1) is 0 Å². The third-order valence-corrected chi connectivity index (χ3v) is 2.83. The molecule has 1 heterocycles. The average molecular weight is 258 g/mol. The van der Waals surface area contributed by atoms with Crippen LogP contribution in [0.15, 0.2) is 12.3 Å². The van der Waals surface area contributed by atoms with Gasteiger partial charge in [0.2, 0.25) is 0 Å². The number of carboxylic acids is 1. The number of anilines is 1. The summed E-state index contributed by atoms with van der Waals surface area (Å²) in [5.74, 6) is -0.637. The van der Waals surface area contributed by atoms with E-state index in [1.807, 2.05) is 7.05 Å². The summed E-state index contributed by atoms with van der Waals surface area (Å²) in [7, 11) is 2.00. The van der Waals surface area contributed by atoms with Crippen molar-refractivity contribution in [2.75, 3.05) is 32.0 Å². The number of halogens is 1. The van der Waals surface area contributed by atoms with Crippen molar-refractivity contribution in [3.8, 4) is 0 Å². The van der Waals surface area contributed by atoms with E-state index < -0.39 is 5.97 Å². The minimum absolute atomic E-state index is 0.0630. The molecule has 0 unspecified atom stereocenters. The highest BCUT2D eigenvalue weighted by atomic mass is 35.5. The molecule has 0 fully saturated rings. The molecule has 5 nitrogen and oxygen atoms in total. The second-order valence-corrected chi connectivity index (χ2v) is 4.03. The van der Waals surface area contributed by atoms with Gasteiger partial charge in [-0.1, -0.05) is 18.5 Å². The summed E-state index contributed by atoms with van der Waals surface area (Å²) < 4.78 is 0. The van der Waals surface area contributed by atoms with E-state index in [4.69, 9.17) is 16.7 Å². The van der Waals surface area contributed by atoms with Crippen LogP contribution < -0.4 is 5.32 Å². The monoisotopic (exact) mass is 257 g/mol. The van der Waals surface area contributed by atoms with E-state index in [2.05, 4.69) is 22.1 Å². The van der Waals surface area contributed by atoms with Crippen molar-refractivity contribution in [3.63, 3.8) is 0 Å². The number of nitrogens with one attached hydrogen (secondary N) is 1. The lowest BCUT2D eigenvalue weighted by atomic mass is 10.2. The zero-order chi connectivity index (χ0) is 12.8. The molecule has 0 saturated heterocycles. The van der Waals surface area contributed by atoms with E-state index in [0.717, 1.165) is 13.1 Å². The molecular formula is C11H16ClN3O2. The summed E-state index contributed by atoms with van der Waals surface area (Å²) >= 11 is 5.93. The van der Waals surface area contributed by atoms with Crippen LogP contribution in [0.25, 0.3) is 0 Å². The highest BCUT2D eigenvalue weighted by molar-refractivity contribution is 6.35. The smallest absolute Gasteiger partial charge is 0.337 e. The van der Waals surface area contributed by atoms with Gasteiger partial charge in [0, 0.05) is 19.3 Å². The Hall–Kier alpha value is -1.33. The van der Waals surface area contributed by atoms with Gasteiger partial charge in [0.1, 0.15) is 5.82 Å². The van der Waals surface area contributed by atoms with Gasteiger partial charge < -0.3 is 15.3 Å². The molecule has 0 radical (unpaired) electrons. The van der Waals surface area contributed by atoms with Crippen molar-refractivity contribution < 1.29 is 9.90 Å². The summed E-state index contributed by atoms with van der Waals surface area (Å²) in [6, 6.07) is 1.38. The van der Waals surface area contributed by atoms with Gasteiger partial charge in [-0.2, -0.15) is 0 Å². The first kappa shape index (κ1) is 13.7. The van der Waals surface area contributed by atoms with Gasteiger partial charge in [-0.25, -0.2) is 9.78 Å². The number of aromatic carboxylic acids is 1. The zero-order valence-corrected chi connectivity index (χ0v) is 10.7. The molecule has 0 aromatic carbocycles. The Morgan fingerprint density at radius 2 is 2.35 bits per heavy atom. The van der Waals surface area contributed by atoms with Crippen molar-refractivity contribution in [3.05, 3.63) is 22.8 Å². The third kappa shape index (κ3) is 3.87. The molecule has 6 heteroatoms. The lowest BCUT2D eigenvalue weighted by Crippen LogP contribution is -2.25. The molecule has 0 spiro atoms. The maximum Gasteiger partial charge on any atom is 0.337 e. The Morgan fingerprint density at radius 3 is 2.94 bits per heavy atom. The minimum Gasteiger partial charge on any atom is -0.478 e. The second-order valence-electron chi connectivity index (χ2n) is 3.65. The van der Waals surface area contributed by atoms with Gasteiger partial charge in [-0.05, 0) is 19.7 Å². The minimum atomic E-state index is -1.05. The average Bonchev–Trinajstić information content (AvgIpc) is 2.30. The zero-order valence-electron chi connectivity index (χ0n) is 9.90. The summed E-state index contributed by atoms with van der Waals surface area (Å²) in [6.07, 6.45) is 1.43. The molecular weight excluding hydrogens is 242 g/mol. The molecule has 0 amide bonds. The van der Waals surface area contributed by atoms with Gasteiger partial charge in [-0.15, -0.1) is 0 Å². The maximum atomic E-state index is 10.9. The fraction of sp³-hybridized carbons (Fsp3) is 0.455. The predicted molar refractivity (Wildman–Crippen MR) is 67.9 cm³/mol. The Kier molecular flexibility index (Phi) is 5.18. The first-order chi connectivity index (χ1) is 8.06. The molecule has 1 aromatic heterocycles. The first-order valence-electron chi connectivity index (χ1n) is 5.36. The van der Waals surface area contributed by atoms with E-state index in [1.165, 1.54) is 12.3 Å². The molecule has 0 saturated carbocycles. The molecule has 0 aliphatic rings. The van der Waals surface area contributed by atoms with Gasteiger partial charge in [0.05, 0.1) is 10.6 Å². The third-order valence-electron chi connectivity index (χ3n) is 2.45. The normalized spacial score (nSPS) is 10.6. The van der Waals surface area contributed by atoms with E-state index in [0.29, 0.717) is 12.4 Å². The number of rotatable bonds is 6. The van der Waals surface area contributed by atoms with Gasteiger partial charge in [0.25, 0.3) is 0 Å². The summed E-state index contributed by atoms with van der Waals surface area (Å²) in [4.78, 5) is 17.0. The standard InChI is InChI=1S/C11H16ClN3O2/c1-3-15(2)7-6-14-10-9(12)8(11(16)17)4-5-13-10/h4-5H,3,6-7H2,1-2H3,(H,13,14)(H,16,17). The van der Waals surface area contributed by atoms with Gasteiger partial charge >= 0.3 is 5.97 Å². The Balaban J connectivity index is 2.66. The molecule has 0 bridgehead atoms. The fourth-order valence-electron chi connectivity index (χ4n) is 1.26. The van der Waals surface area contributed by atoms with Crippen molar-refractivity contribution in [2.24, 2.45) is 0 Å². The largest absolute Gasteiger partial charge is 0.478 e. The molecule has 0 aliphatic carbocycles. The van der Waals surface area contributed by atoms with Crippen molar-refractivity contribution in [2.45, 2.75) is 6.92 Å². The molecule has 94 valence electrons. The summed E-state index contributed by atoms with van der Waals surface area (Å²) in [5.41, 5.74) is 0.0630. The molecule has 0 atom stereocenters. The van der Waals surface area contributed by atoms with Gasteiger partial charge in [0.15, 0.2) is 0 Å². The van der Waals surface area contributed by atoms with Crippen LogP contribution >= 0.6 is 11.6 Å². The second kappa shape index (κ2) is 6.42. The van der Waals surface area contributed by atoms with Crippen LogP contribution in [0.3, 0.4) is 0 Å². The Morgan fingerprint density at radius 1 is 1.65 bits per heavy atom. The van der Waals surface area contributed by atoms with Crippen molar-refractivity contribution >= 4 is 23.4 Å². The van der Waals surface area contributed by atoms with E-state index in [-0.39, 0.29) is 10.6 Å². The van der Waals surface area contributed by atoms with Crippen LogP contribution in [-0.2, 0) is 0 Å². The SMILES string of the molecule is CCN(C)CCNc1nccc(C(=O)O)c1Cl. The molecule has 1 rings (SSSR count).